The molecule has 3 rings (SSSR count). The van der Waals surface area contributed by atoms with Crippen molar-refractivity contribution in [3.63, 3.8) is 0 Å². The summed E-state index contributed by atoms with van der Waals surface area (Å²) in [6, 6.07) is 10.1. The van der Waals surface area contributed by atoms with E-state index in [1.54, 1.807) is 41.3 Å². The number of furan rings is 1. The molecule has 1 fully saturated rings. The highest BCUT2D eigenvalue weighted by Crippen LogP contribution is 2.16. The van der Waals surface area contributed by atoms with Crippen molar-refractivity contribution in [2.24, 2.45) is 0 Å². The van der Waals surface area contributed by atoms with E-state index in [9.17, 15) is 9.59 Å². The summed E-state index contributed by atoms with van der Waals surface area (Å²) in [6.07, 6.45) is 2.90. The highest BCUT2D eigenvalue weighted by molar-refractivity contribution is 6.30. The number of carbonyl (C=O) groups excluding carboxylic acids is 2. The second kappa shape index (κ2) is 7.40. The van der Waals surface area contributed by atoms with Gasteiger partial charge in [0, 0.05) is 29.8 Å². The molecule has 1 aliphatic heterocycles. The number of likely N-dealkylation sites (tertiary alicyclic amines) is 1. The van der Waals surface area contributed by atoms with Crippen molar-refractivity contribution in [2.75, 3.05) is 18.4 Å². The summed E-state index contributed by atoms with van der Waals surface area (Å²) in [6.45, 7) is 1.17. The third kappa shape index (κ3) is 4.08. The van der Waals surface area contributed by atoms with Crippen LogP contribution in [0.4, 0.5) is 10.5 Å². The monoisotopic (exact) mass is 347 g/mol. The number of hydrogen-bond donors (Lipinski definition) is 2. The summed E-state index contributed by atoms with van der Waals surface area (Å²) >= 11 is 5.89. The summed E-state index contributed by atoms with van der Waals surface area (Å²) in [5, 5.41) is 6.25. The van der Waals surface area contributed by atoms with Gasteiger partial charge in [-0.15, -0.1) is 0 Å². The second-order valence-electron chi connectivity index (χ2n) is 5.65. The number of nitrogens with zero attached hydrogens (tertiary/aromatic N) is 1. The topological polar surface area (TPSA) is 74.6 Å². The van der Waals surface area contributed by atoms with E-state index in [-0.39, 0.29) is 18.0 Å². The molecule has 0 spiro atoms. The van der Waals surface area contributed by atoms with Gasteiger partial charge in [-0.05, 0) is 43.2 Å². The number of hydrogen-bond acceptors (Lipinski definition) is 3. The van der Waals surface area contributed by atoms with Crippen LogP contribution < -0.4 is 10.6 Å². The molecule has 1 aromatic heterocycles. The second-order valence-corrected chi connectivity index (χ2v) is 6.09. The number of benzene rings is 1. The molecule has 1 saturated heterocycles. The molecule has 0 unspecified atom stereocenters. The Bertz CT molecular complexity index is 710. The highest BCUT2D eigenvalue weighted by Gasteiger charge is 2.25. The van der Waals surface area contributed by atoms with Crippen molar-refractivity contribution in [1.82, 2.24) is 10.2 Å². The van der Waals surface area contributed by atoms with Crippen LogP contribution in [0.1, 0.15) is 23.4 Å². The molecule has 7 heteroatoms. The SMILES string of the molecule is O=C(Nc1cccc(Cl)c1)NC1CCN(C(=O)c2ccco2)CC1. The minimum atomic E-state index is -0.270. The zero-order valence-corrected chi connectivity index (χ0v) is 13.8. The van der Waals surface area contributed by atoms with Gasteiger partial charge in [0.05, 0.1) is 6.26 Å². The normalized spacial score (nSPS) is 15.1. The first-order valence-corrected chi connectivity index (χ1v) is 8.15. The maximum atomic E-state index is 12.2. The fourth-order valence-electron chi connectivity index (χ4n) is 2.70. The molecule has 0 bridgehead atoms. The Balaban J connectivity index is 1.47. The first-order chi connectivity index (χ1) is 11.6. The lowest BCUT2D eigenvalue weighted by Gasteiger charge is -2.31. The predicted octanol–water partition coefficient (Wildman–Crippen LogP) is 3.36. The first kappa shape index (κ1) is 16.4. The van der Waals surface area contributed by atoms with E-state index in [0.717, 1.165) is 0 Å². The Hall–Kier alpha value is -2.47. The number of urea groups is 1. The highest BCUT2D eigenvalue weighted by atomic mass is 35.5. The minimum Gasteiger partial charge on any atom is -0.459 e. The van der Waals surface area contributed by atoms with Crippen LogP contribution in [0.25, 0.3) is 0 Å². The van der Waals surface area contributed by atoms with Gasteiger partial charge in [0.1, 0.15) is 0 Å². The van der Waals surface area contributed by atoms with Gasteiger partial charge in [-0.1, -0.05) is 17.7 Å². The molecular weight excluding hydrogens is 330 g/mol. The van der Waals surface area contributed by atoms with Crippen molar-refractivity contribution in [3.8, 4) is 0 Å². The van der Waals surface area contributed by atoms with Crippen molar-refractivity contribution < 1.29 is 14.0 Å². The van der Waals surface area contributed by atoms with E-state index in [0.29, 0.717) is 42.4 Å². The molecule has 0 aliphatic carbocycles. The van der Waals surface area contributed by atoms with Gasteiger partial charge >= 0.3 is 6.03 Å². The Morgan fingerprint density at radius 2 is 1.96 bits per heavy atom. The van der Waals surface area contributed by atoms with Gasteiger partial charge in [-0.25, -0.2) is 4.79 Å². The molecule has 2 N–H and O–H groups in total. The van der Waals surface area contributed by atoms with Crippen molar-refractivity contribution in [2.45, 2.75) is 18.9 Å². The van der Waals surface area contributed by atoms with Crippen LogP contribution in [0.5, 0.6) is 0 Å². The van der Waals surface area contributed by atoms with Gasteiger partial charge in [-0.2, -0.15) is 0 Å². The van der Waals surface area contributed by atoms with Gasteiger partial charge in [-0.3, -0.25) is 4.79 Å². The number of nitrogens with one attached hydrogen (secondary N) is 2. The van der Waals surface area contributed by atoms with E-state index < -0.39 is 0 Å². The lowest BCUT2D eigenvalue weighted by Crippen LogP contribution is -2.47. The average molecular weight is 348 g/mol. The lowest BCUT2D eigenvalue weighted by molar-refractivity contribution is 0.0676. The third-order valence-corrected chi connectivity index (χ3v) is 4.17. The largest absolute Gasteiger partial charge is 0.459 e. The number of amides is 3. The van der Waals surface area contributed by atoms with Gasteiger partial charge in [0.2, 0.25) is 0 Å². The summed E-state index contributed by atoms with van der Waals surface area (Å²) in [7, 11) is 0. The van der Waals surface area contributed by atoms with Crippen LogP contribution in [-0.2, 0) is 0 Å². The number of carbonyl (C=O) groups is 2. The maximum absolute atomic E-state index is 12.2. The summed E-state index contributed by atoms with van der Waals surface area (Å²) in [4.78, 5) is 26.0. The molecule has 6 nitrogen and oxygen atoms in total. The summed E-state index contributed by atoms with van der Waals surface area (Å²) in [5.74, 6) is 0.238. The van der Waals surface area contributed by atoms with Crippen LogP contribution in [-0.4, -0.2) is 36.0 Å². The minimum absolute atomic E-state index is 0.0323. The summed E-state index contributed by atoms with van der Waals surface area (Å²) in [5.41, 5.74) is 0.644. The van der Waals surface area contributed by atoms with Crippen molar-refractivity contribution in [1.29, 1.82) is 0 Å². The Labute approximate surface area is 144 Å². The fourth-order valence-corrected chi connectivity index (χ4v) is 2.89. The van der Waals surface area contributed by atoms with Crippen LogP contribution >= 0.6 is 11.6 Å². The van der Waals surface area contributed by atoms with Crippen molar-refractivity contribution >= 4 is 29.2 Å². The number of rotatable bonds is 3. The van der Waals surface area contributed by atoms with E-state index in [2.05, 4.69) is 10.6 Å². The Morgan fingerprint density at radius 3 is 2.62 bits per heavy atom. The number of halogens is 1. The lowest BCUT2D eigenvalue weighted by atomic mass is 10.0. The van der Waals surface area contributed by atoms with Gasteiger partial charge in [0.15, 0.2) is 5.76 Å². The van der Waals surface area contributed by atoms with Crippen LogP contribution in [0, 0.1) is 0 Å². The maximum Gasteiger partial charge on any atom is 0.319 e. The summed E-state index contributed by atoms with van der Waals surface area (Å²) < 4.78 is 5.13. The predicted molar refractivity (Wildman–Crippen MR) is 91.2 cm³/mol. The molecule has 24 heavy (non-hydrogen) atoms. The van der Waals surface area contributed by atoms with E-state index in [1.165, 1.54) is 6.26 Å². The average Bonchev–Trinajstić information content (AvgIpc) is 3.09. The van der Waals surface area contributed by atoms with Crippen LogP contribution in [0.3, 0.4) is 0 Å². The van der Waals surface area contributed by atoms with Crippen LogP contribution in [0.2, 0.25) is 5.02 Å². The first-order valence-electron chi connectivity index (χ1n) is 7.77. The molecule has 0 atom stereocenters. The van der Waals surface area contributed by atoms with Gasteiger partial charge < -0.3 is 20.0 Å². The molecule has 2 heterocycles. The molecule has 2 aromatic rings. The molecule has 126 valence electrons. The third-order valence-electron chi connectivity index (χ3n) is 3.93. The quantitative estimate of drug-likeness (QED) is 0.894. The van der Waals surface area contributed by atoms with E-state index in [4.69, 9.17) is 16.0 Å². The Kier molecular flexibility index (Phi) is 5.05. The molecule has 0 saturated carbocycles. The zero-order valence-electron chi connectivity index (χ0n) is 13.0. The smallest absolute Gasteiger partial charge is 0.319 e. The number of anilines is 1. The fraction of sp³-hybridized carbons (Fsp3) is 0.294. The van der Waals surface area contributed by atoms with Gasteiger partial charge in [0.25, 0.3) is 5.91 Å². The number of piperidine rings is 1. The van der Waals surface area contributed by atoms with Crippen molar-refractivity contribution in [3.05, 3.63) is 53.4 Å². The molecule has 1 aliphatic rings. The molecule has 1 aromatic carbocycles. The Morgan fingerprint density at radius 1 is 1.17 bits per heavy atom. The zero-order chi connectivity index (χ0) is 16.9. The molecule has 3 amide bonds. The van der Waals surface area contributed by atoms with Crippen LogP contribution in [0.15, 0.2) is 47.1 Å². The molecular formula is C17H18ClN3O3. The van der Waals surface area contributed by atoms with E-state index >= 15 is 0 Å². The van der Waals surface area contributed by atoms with E-state index in [1.807, 2.05) is 0 Å². The standard InChI is InChI=1S/C17H18ClN3O3/c18-12-3-1-4-14(11-12)20-17(23)19-13-6-8-21(9-7-13)16(22)15-5-2-10-24-15/h1-5,10-11,13H,6-9H2,(H2,19,20,23). The molecule has 0 radical (unpaired) electrons.